The van der Waals surface area contributed by atoms with Crippen LogP contribution in [0.15, 0.2) is 65.2 Å². The van der Waals surface area contributed by atoms with E-state index in [9.17, 15) is 4.79 Å². The first kappa shape index (κ1) is 14.5. The molecule has 0 fully saturated rings. The second kappa shape index (κ2) is 5.85. The van der Waals surface area contributed by atoms with E-state index in [1.54, 1.807) is 6.07 Å². The molecule has 0 saturated heterocycles. The maximum atomic E-state index is 12.5. The van der Waals surface area contributed by atoms with Gasteiger partial charge >= 0.3 is 0 Å². The minimum absolute atomic E-state index is 0.0123. The minimum Gasteiger partial charge on any atom is -0.480 e. The Balaban J connectivity index is 1.49. The van der Waals surface area contributed by atoms with Gasteiger partial charge in [0.15, 0.2) is 17.7 Å². The van der Waals surface area contributed by atoms with Crippen LogP contribution in [0.3, 0.4) is 0 Å². The quantitative estimate of drug-likeness (QED) is 0.796. The second-order valence-corrected chi connectivity index (χ2v) is 5.80. The Morgan fingerprint density at radius 2 is 1.83 bits per heavy atom. The van der Waals surface area contributed by atoms with Crippen LogP contribution < -0.4 is 10.1 Å². The van der Waals surface area contributed by atoms with Gasteiger partial charge in [0.25, 0.3) is 5.91 Å². The first-order valence-electron chi connectivity index (χ1n) is 7.81. The molecule has 1 amide bonds. The Kier molecular flexibility index (Phi) is 3.54. The van der Waals surface area contributed by atoms with E-state index in [0.717, 1.165) is 16.9 Å². The van der Waals surface area contributed by atoms with Crippen LogP contribution in [0.5, 0.6) is 5.75 Å². The average Bonchev–Trinajstić information content (AvgIpc) is 3.21. The molecule has 0 spiro atoms. The Hall–Kier alpha value is -3.08. The number of carbonyl (C=O) groups is 1. The van der Waals surface area contributed by atoms with Crippen molar-refractivity contribution in [3.8, 4) is 17.1 Å². The molecule has 5 heteroatoms. The van der Waals surface area contributed by atoms with Crippen LogP contribution in [0.1, 0.15) is 18.4 Å². The molecule has 2 aromatic carbocycles. The van der Waals surface area contributed by atoms with E-state index in [1.165, 1.54) is 0 Å². The van der Waals surface area contributed by atoms with Crippen molar-refractivity contribution in [2.75, 3.05) is 5.32 Å². The number of fused-ring (bicyclic) bond motifs is 1. The van der Waals surface area contributed by atoms with Gasteiger partial charge < -0.3 is 14.6 Å². The highest BCUT2D eigenvalue weighted by Gasteiger charge is 2.36. The smallest absolute Gasteiger partial charge is 0.267 e. The predicted molar refractivity (Wildman–Crippen MR) is 89.8 cm³/mol. The summed E-state index contributed by atoms with van der Waals surface area (Å²) in [5.74, 6) is 1.50. The molecule has 24 heavy (non-hydrogen) atoms. The van der Waals surface area contributed by atoms with Crippen molar-refractivity contribution < 1.29 is 14.1 Å². The van der Waals surface area contributed by atoms with Crippen LogP contribution in [-0.2, 0) is 4.79 Å². The lowest BCUT2D eigenvalue weighted by molar-refractivity contribution is -0.122. The number of hydrogen-bond acceptors (Lipinski definition) is 4. The molecule has 0 saturated carbocycles. The van der Waals surface area contributed by atoms with Crippen LogP contribution in [0.2, 0.25) is 0 Å². The average molecular weight is 320 g/mol. The maximum absolute atomic E-state index is 12.5. The van der Waals surface area contributed by atoms with Crippen LogP contribution in [0.25, 0.3) is 11.3 Å². The molecule has 0 aliphatic carbocycles. The number of hydrogen-bond donors (Lipinski definition) is 1. The Labute approximate surface area is 139 Å². The fourth-order valence-electron chi connectivity index (χ4n) is 2.92. The van der Waals surface area contributed by atoms with E-state index < -0.39 is 6.10 Å². The molecule has 3 aromatic rings. The third-order valence-electron chi connectivity index (χ3n) is 4.20. The lowest BCUT2D eigenvalue weighted by atomic mass is 9.97. The van der Waals surface area contributed by atoms with Crippen LogP contribution in [0.4, 0.5) is 5.82 Å². The summed E-state index contributed by atoms with van der Waals surface area (Å²) in [6.07, 6.45) is -0.570. The molecule has 1 aliphatic heterocycles. The van der Waals surface area contributed by atoms with E-state index >= 15 is 0 Å². The molecule has 1 aliphatic rings. The Morgan fingerprint density at radius 3 is 2.62 bits per heavy atom. The SMILES string of the molecule is C[C@@H]1c2ccccc2O[C@@H]1C(=O)Nc1cc(-c2ccccc2)on1. The third-order valence-corrected chi connectivity index (χ3v) is 4.20. The molecular weight excluding hydrogens is 304 g/mol. The highest BCUT2D eigenvalue weighted by Crippen LogP contribution is 2.38. The van der Waals surface area contributed by atoms with Crippen molar-refractivity contribution in [3.05, 3.63) is 66.2 Å². The summed E-state index contributed by atoms with van der Waals surface area (Å²) in [7, 11) is 0. The second-order valence-electron chi connectivity index (χ2n) is 5.80. The molecule has 0 bridgehead atoms. The van der Waals surface area contributed by atoms with Gasteiger partial charge in [0, 0.05) is 23.1 Å². The molecule has 2 atom stereocenters. The largest absolute Gasteiger partial charge is 0.480 e. The van der Waals surface area contributed by atoms with Gasteiger partial charge in [0.2, 0.25) is 0 Å². The summed E-state index contributed by atoms with van der Waals surface area (Å²) in [5, 5.41) is 6.69. The molecular formula is C19H16N2O3. The van der Waals surface area contributed by atoms with Gasteiger partial charge in [-0.05, 0) is 6.07 Å². The standard InChI is InChI=1S/C19H16N2O3/c1-12-14-9-5-6-10-15(14)23-18(12)19(22)20-17-11-16(24-21-17)13-7-3-2-4-8-13/h2-12,18H,1H3,(H,20,21,22)/t12-,18+/m1/s1. The van der Waals surface area contributed by atoms with Gasteiger partial charge in [-0.2, -0.15) is 0 Å². The summed E-state index contributed by atoms with van der Waals surface area (Å²) < 4.78 is 11.1. The highest BCUT2D eigenvalue weighted by atomic mass is 16.5. The molecule has 0 unspecified atom stereocenters. The van der Waals surface area contributed by atoms with E-state index in [-0.39, 0.29) is 11.8 Å². The number of benzene rings is 2. The topological polar surface area (TPSA) is 64.4 Å². The molecule has 120 valence electrons. The van der Waals surface area contributed by atoms with Gasteiger partial charge in [-0.3, -0.25) is 4.79 Å². The summed E-state index contributed by atoms with van der Waals surface area (Å²) in [6, 6.07) is 19.0. The number of nitrogens with one attached hydrogen (secondary N) is 1. The molecule has 1 aromatic heterocycles. The van der Waals surface area contributed by atoms with Gasteiger partial charge in [-0.1, -0.05) is 60.6 Å². The predicted octanol–water partition coefficient (Wildman–Crippen LogP) is 3.84. The molecule has 1 N–H and O–H groups in total. The molecule has 4 rings (SSSR count). The molecule has 2 heterocycles. The number of anilines is 1. The van der Waals surface area contributed by atoms with Crippen molar-refractivity contribution in [1.82, 2.24) is 5.16 Å². The van der Waals surface area contributed by atoms with Gasteiger partial charge in [0.05, 0.1) is 0 Å². The van der Waals surface area contributed by atoms with Gasteiger partial charge in [0.1, 0.15) is 5.75 Å². The number of aromatic nitrogens is 1. The van der Waals surface area contributed by atoms with Gasteiger partial charge in [-0.15, -0.1) is 0 Å². The first-order chi connectivity index (χ1) is 11.7. The van der Waals surface area contributed by atoms with Crippen LogP contribution in [0, 0.1) is 0 Å². The zero-order valence-corrected chi connectivity index (χ0v) is 13.1. The summed E-state index contributed by atoms with van der Waals surface area (Å²) in [6.45, 7) is 1.98. The lowest BCUT2D eigenvalue weighted by Gasteiger charge is -2.13. The van der Waals surface area contributed by atoms with Crippen molar-refractivity contribution in [2.24, 2.45) is 0 Å². The van der Waals surface area contributed by atoms with Crippen molar-refractivity contribution in [1.29, 1.82) is 0 Å². The fraction of sp³-hybridized carbons (Fsp3) is 0.158. The number of ether oxygens (including phenoxy) is 1. The summed E-state index contributed by atoms with van der Waals surface area (Å²) >= 11 is 0. The number of carbonyl (C=O) groups excluding carboxylic acids is 1. The molecule has 0 radical (unpaired) electrons. The zero-order valence-electron chi connectivity index (χ0n) is 13.1. The number of nitrogens with zero attached hydrogens (tertiary/aromatic N) is 1. The Bertz CT molecular complexity index is 873. The third kappa shape index (κ3) is 2.54. The van der Waals surface area contributed by atoms with Crippen molar-refractivity contribution in [2.45, 2.75) is 18.9 Å². The first-order valence-corrected chi connectivity index (χ1v) is 7.81. The highest BCUT2D eigenvalue weighted by molar-refractivity contribution is 5.95. The number of rotatable bonds is 3. The van der Waals surface area contributed by atoms with E-state index in [4.69, 9.17) is 9.26 Å². The van der Waals surface area contributed by atoms with Gasteiger partial charge in [-0.25, -0.2) is 0 Å². The maximum Gasteiger partial charge on any atom is 0.267 e. The van der Waals surface area contributed by atoms with E-state index in [2.05, 4.69) is 10.5 Å². The van der Waals surface area contributed by atoms with E-state index in [1.807, 2.05) is 61.5 Å². The monoisotopic (exact) mass is 320 g/mol. The number of amides is 1. The van der Waals surface area contributed by atoms with Crippen LogP contribution >= 0.6 is 0 Å². The Morgan fingerprint density at radius 1 is 1.08 bits per heavy atom. The summed E-state index contributed by atoms with van der Waals surface area (Å²) in [5.41, 5.74) is 1.95. The zero-order chi connectivity index (χ0) is 16.5. The van der Waals surface area contributed by atoms with Crippen LogP contribution in [-0.4, -0.2) is 17.2 Å². The van der Waals surface area contributed by atoms with Crippen molar-refractivity contribution >= 4 is 11.7 Å². The minimum atomic E-state index is -0.570. The number of para-hydroxylation sites is 1. The van der Waals surface area contributed by atoms with Crippen molar-refractivity contribution in [3.63, 3.8) is 0 Å². The fourth-order valence-corrected chi connectivity index (χ4v) is 2.92. The summed E-state index contributed by atoms with van der Waals surface area (Å²) in [4.78, 5) is 12.5. The molecule has 5 nitrogen and oxygen atoms in total. The van der Waals surface area contributed by atoms with E-state index in [0.29, 0.717) is 11.6 Å². The normalized spacial score (nSPS) is 18.7. The lowest BCUT2D eigenvalue weighted by Crippen LogP contribution is -2.33.